The fourth-order valence-electron chi connectivity index (χ4n) is 1.93. The summed E-state index contributed by atoms with van der Waals surface area (Å²) in [5.41, 5.74) is 1.94. The third kappa shape index (κ3) is 5.84. The molecule has 0 radical (unpaired) electrons. The summed E-state index contributed by atoms with van der Waals surface area (Å²) in [5.74, 6) is 0.820. The minimum atomic E-state index is 0. The van der Waals surface area contributed by atoms with Crippen LogP contribution in [0, 0.1) is 0 Å². The zero-order valence-electron chi connectivity index (χ0n) is 12.6. The molecule has 2 rings (SSSR count). The van der Waals surface area contributed by atoms with E-state index in [1.165, 1.54) is 0 Å². The predicted octanol–water partition coefficient (Wildman–Crippen LogP) is 3.54. The largest absolute Gasteiger partial charge is 0.364 e. The summed E-state index contributed by atoms with van der Waals surface area (Å²) in [6.07, 6.45) is 1.55. The molecule has 0 spiro atoms. The van der Waals surface area contributed by atoms with Crippen LogP contribution < -0.4 is 5.32 Å². The van der Waals surface area contributed by atoms with Gasteiger partial charge < -0.3 is 14.7 Å². The molecule has 0 aliphatic carbocycles. The Kier molecular flexibility index (Phi) is 8.26. The second kappa shape index (κ2) is 9.68. The predicted molar refractivity (Wildman–Crippen MR) is 99.7 cm³/mol. The van der Waals surface area contributed by atoms with Crippen LogP contribution in [0.15, 0.2) is 46.1 Å². The summed E-state index contributed by atoms with van der Waals surface area (Å²) < 4.78 is 4.81. The van der Waals surface area contributed by atoms with Crippen LogP contribution in [0.25, 0.3) is 0 Å². The highest BCUT2D eigenvalue weighted by atomic mass is 127. The Morgan fingerprint density at radius 2 is 2.23 bits per heavy atom. The molecular weight excluding hydrogens is 415 g/mol. The molecule has 1 aromatic heterocycles. The molecule has 2 aromatic rings. The molecule has 0 amide bonds. The molecule has 1 N–H and O–H groups in total. The third-order valence-corrected chi connectivity index (χ3v) is 3.12. The van der Waals surface area contributed by atoms with Gasteiger partial charge in [0.15, 0.2) is 5.96 Å². The van der Waals surface area contributed by atoms with Gasteiger partial charge in [-0.1, -0.05) is 28.9 Å². The molecule has 0 fully saturated rings. The minimum absolute atomic E-state index is 0. The van der Waals surface area contributed by atoms with E-state index in [9.17, 15) is 0 Å². The summed E-state index contributed by atoms with van der Waals surface area (Å²) >= 11 is 6.01. The maximum Gasteiger partial charge on any atom is 0.194 e. The standard InChI is InChI=1S/C15H19ClN4O.HI/c1-3-17-15(18-10-14-7-8-21-19-14)20(2)11-12-5-4-6-13(16)9-12;/h4-9H,3,10-11H2,1-2H3,(H,17,18);1H. The van der Waals surface area contributed by atoms with Gasteiger partial charge in [0.1, 0.15) is 12.0 Å². The molecule has 0 bridgehead atoms. The van der Waals surface area contributed by atoms with E-state index in [0.717, 1.165) is 35.3 Å². The number of aliphatic imine (C=N–C) groups is 1. The molecular formula is C15H20ClIN4O. The number of nitrogens with zero attached hydrogens (tertiary/aromatic N) is 3. The first-order valence-electron chi connectivity index (χ1n) is 6.82. The zero-order chi connectivity index (χ0) is 15.1. The van der Waals surface area contributed by atoms with E-state index in [4.69, 9.17) is 16.1 Å². The van der Waals surface area contributed by atoms with E-state index >= 15 is 0 Å². The van der Waals surface area contributed by atoms with Crippen molar-refractivity contribution in [2.45, 2.75) is 20.0 Å². The summed E-state index contributed by atoms with van der Waals surface area (Å²) in [5, 5.41) is 7.86. The summed E-state index contributed by atoms with van der Waals surface area (Å²) in [7, 11) is 1.99. The van der Waals surface area contributed by atoms with Crippen molar-refractivity contribution in [3.05, 3.63) is 52.9 Å². The number of rotatable bonds is 5. The van der Waals surface area contributed by atoms with E-state index in [1.54, 1.807) is 6.26 Å². The molecule has 0 unspecified atom stereocenters. The van der Waals surface area contributed by atoms with Crippen molar-refractivity contribution in [2.75, 3.05) is 13.6 Å². The molecule has 0 saturated heterocycles. The zero-order valence-corrected chi connectivity index (χ0v) is 15.7. The van der Waals surface area contributed by atoms with Gasteiger partial charge in [-0.3, -0.25) is 0 Å². The number of guanidine groups is 1. The maximum absolute atomic E-state index is 6.01. The topological polar surface area (TPSA) is 53.7 Å². The van der Waals surface area contributed by atoms with Gasteiger partial charge in [0, 0.05) is 31.2 Å². The van der Waals surface area contributed by atoms with Gasteiger partial charge in [-0.05, 0) is 24.6 Å². The molecule has 7 heteroatoms. The van der Waals surface area contributed by atoms with Crippen molar-refractivity contribution in [3.63, 3.8) is 0 Å². The van der Waals surface area contributed by atoms with Crippen LogP contribution in [0.3, 0.4) is 0 Å². The first-order valence-corrected chi connectivity index (χ1v) is 7.20. The van der Waals surface area contributed by atoms with Crippen LogP contribution in [0.2, 0.25) is 5.02 Å². The van der Waals surface area contributed by atoms with Crippen LogP contribution >= 0.6 is 35.6 Å². The first-order chi connectivity index (χ1) is 10.2. The van der Waals surface area contributed by atoms with Crippen LogP contribution in [0.1, 0.15) is 18.2 Å². The lowest BCUT2D eigenvalue weighted by molar-refractivity contribution is 0.411. The lowest BCUT2D eigenvalue weighted by atomic mass is 10.2. The van der Waals surface area contributed by atoms with E-state index in [0.29, 0.717) is 6.54 Å². The monoisotopic (exact) mass is 434 g/mol. The molecule has 22 heavy (non-hydrogen) atoms. The average Bonchev–Trinajstić information content (AvgIpc) is 2.96. The Morgan fingerprint density at radius 3 is 2.86 bits per heavy atom. The van der Waals surface area contributed by atoms with Crippen molar-refractivity contribution >= 4 is 41.5 Å². The molecule has 120 valence electrons. The lowest BCUT2D eigenvalue weighted by Crippen LogP contribution is -2.38. The number of halogens is 2. The van der Waals surface area contributed by atoms with Crippen LogP contribution in [-0.2, 0) is 13.1 Å². The van der Waals surface area contributed by atoms with E-state index < -0.39 is 0 Å². The van der Waals surface area contributed by atoms with E-state index in [1.807, 2.05) is 44.3 Å². The van der Waals surface area contributed by atoms with Crippen LogP contribution in [0.4, 0.5) is 0 Å². The van der Waals surface area contributed by atoms with Crippen molar-refractivity contribution in [2.24, 2.45) is 4.99 Å². The number of hydrogen-bond donors (Lipinski definition) is 1. The number of hydrogen-bond acceptors (Lipinski definition) is 3. The van der Waals surface area contributed by atoms with Gasteiger partial charge in [-0.25, -0.2) is 4.99 Å². The van der Waals surface area contributed by atoms with Gasteiger partial charge in [-0.2, -0.15) is 0 Å². The van der Waals surface area contributed by atoms with Crippen LogP contribution in [-0.4, -0.2) is 29.6 Å². The van der Waals surface area contributed by atoms with E-state index in [-0.39, 0.29) is 24.0 Å². The highest BCUT2D eigenvalue weighted by Crippen LogP contribution is 2.12. The van der Waals surface area contributed by atoms with Gasteiger partial charge in [0.25, 0.3) is 0 Å². The highest BCUT2D eigenvalue weighted by Gasteiger charge is 2.07. The van der Waals surface area contributed by atoms with Crippen molar-refractivity contribution < 1.29 is 4.52 Å². The highest BCUT2D eigenvalue weighted by molar-refractivity contribution is 14.0. The number of nitrogens with one attached hydrogen (secondary N) is 1. The van der Waals surface area contributed by atoms with Gasteiger partial charge >= 0.3 is 0 Å². The van der Waals surface area contributed by atoms with E-state index in [2.05, 4.69) is 20.4 Å². The lowest BCUT2D eigenvalue weighted by Gasteiger charge is -2.22. The second-order valence-electron chi connectivity index (χ2n) is 4.65. The molecule has 0 aliphatic heterocycles. The Labute approximate surface area is 152 Å². The Morgan fingerprint density at radius 1 is 1.41 bits per heavy atom. The smallest absolute Gasteiger partial charge is 0.194 e. The molecule has 0 atom stereocenters. The Hall–Kier alpha value is -1.28. The van der Waals surface area contributed by atoms with Gasteiger partial charge in [-0.15, -0.1) is 24.0 Å². The normalized spacial score (nSPS) is 11.0. The van der Waals surface area contributed by atoms with Crippen LogP contribution in [0.5, 0.6) is 0 Å². The summed E-state index contributed by atoms with van der Waals surface area (Å²) in [4.78, 5) is 6.60. The second-order valence-corrected chi connectivity index (χ2v) is 5.08. The molecule has 1 heterocycles. The van der Waals surface area contributed by atoms with Gasteiger partial charge in [0.05, 0.1) is 6.54 Å². The van der Waals surface area contributed by atoms with Crippen molar-refractivity contribution in [3.8, 4) is 0 Å². The maximum atomic E-state index is 6.01. The fourth-order valence-corrected chi connectivity index (χ4v) is 2.14. The third-order valence-electron chi connectivity index (χ3n) is 2.89. The number of benzene rings is 1. The summed E-state index contributed by atoms with van der Waals surface area (Å²) in [6.45, 7) is 4.06. The average molecular weight is 435 g/mol. The molecule has 0 aliphatic rings. The van der Waals surface area contributed by atoms with Crippen molar-refractivity contribution in [1.29, 1.82) is 0 Å². The molecule has 0 saturated carbocycles. The SMILES string of the molecule is CCNC(=NCc1ccon1)N(C)Cc1cccc(Cl)c1.I. The fraction of sp³-hybridized carbons (Fsp3) is 0.333. The Bertz CT molecular complexity index is 589. The van der Waals surface area contributed by atoms with Gasteiger partial charge in [0.2, 0.25) is 0 Å². The number of aromatic nitrogens is 1. The Balaban J connectivity index is 0.00000242. The first kappa shape index (κ1) is 18.8. The molecule has 5 nitrogen and oxygen atoms in total. The van der Waals surface area contributed by atoms with Crippen molar-refractivity contribution in [1.82, 2.24) is 15.4 Å². The quantitative estimate of drug-likeness (QED) is 0.444. The molecule has 1 aromatic carbocycles. The summed E-state index contributed by atoms with van der Waals surface area (Å²) in [6, 6.07) is 9.63. The minimum Gasteiger partial charge on any atom is -0.364 e.